The van der Waals surface area contributed by atoms with E-state index in [1.54, 1.807) is 10.9 Å². The molecule has 0 aliphatic carbocycles. The van der Waals surface area contributed by atoms with Crippen LogP contribution in [0.5, 0.6) is 11.5 Å². The van der Waals surface area contributed by atoms with E-state index in [4.69, 9.17) is 13.9 Å². The Morgan fingerprint density at radius 1 is 1.05 bits per heavy atom. The molecule has 1 aliphatic heterocycles. The lowest BCUT2D eigenvalue weighted by Gasteiger charge is -2.30. The maximum absolute atomic E-state index is 13.3. The van der Waals surface area contributed by atoms with Gasteiger partial charge in [0, 0.05) is 24.0 Å². The fourth-order valence-electron chi connectivity index (χ4n) is 5.22. The van der Waals surface area contributed by atoms with Crippen LogP contribution in [0.2, 0.25) is 0 Å². The van der Waals surface area contributed by atoms with Crippen LogP contribution in [-0.2, 0) is 19.6 Å². The van der Waals surface area contributed by atoms with Crippen LogP contribution in [0.15, 0.2) is 64.0 Å². The van der Waals surface area contributed by atoms with Crippen molar-refractivity contribution in [3.8, 4) is 11.5 Å². The maximum Gasteiger partial charge on any atom is 0.252 e. The quantitative estimate of drug-likeness (QED) is 0.295. The van der Waals surface area contributed by atoms with E-state index in [0.29, 0.717) is 31.0 Å². The molecule has 10 heteroatoms. The number of pyridine rings is 1. The van der Waals surface area contributed by atoms with Crippen LogP contribution < -0.4 is 15.0 Å². The number of aryl methyl sites for hydroxylation is 2. The van der Waals surface area contributed by atoms with Gasteiger partial charge in [-0.2, -0.15) is 0 Å². The van der Waals surface area contributed by atoms with Crippen molar-refractivity contribution in [2.45, 2.75) is 52.9 Å². The van der Waals surface area contributed by atoms with Gasteiger partial charge in [0.1, 0.15) is 12.3 Å². The molecule has 0 fully saturated rings. The van der Waals surface area contributed by atoms with E-state index in [1.807, 2.05) is 49.4 Å². The number of nitrogens with zero attached hydrogens (tertiary/aromatic N) is 5. The molecule has 0 radical (unpaired) electrons. The Labute approximate surface area is 225 Å². The minimum Gasteiger partial charge on any atom is -0.467 e. The molecule has 0 bridgehead atoms. The smallest absolute Gasteiger partial charge is 0.252 e. The van der Waals surface area contributed by atoms with Gasteiger partial charge in [0.25, 0.3) is 5.56 Å². The van der Waals surface area contributed by atoms with Gasteiger partial charge in [0.2, 0.25) is 6.79 Å². The van der Waals surface area contributed by atoms with E-state index in [-0.39, 0.29) is 18.4 Å². The fourth-order valence-corrected chi connectivity index (χ4v) is 5.22. The van der Waals surface area contributed by atoms with Crippen LogP contribution in [0.3, 0.4) is 0 Å². The molecular weight excluding hydrogens is 496 g/mol. The van der Waals surface area contributed by atoms with Gasteiger partial charge in [-0.1, -0.05) is 25.1 Å². The lowest BCUT2D eigenvalue weighted by atomic mass is 10.0. The topological polar surface area (TPSA) is 111 Å². The molecule has 10 nitrogen and oxygen atoms in total. The molecule has 0 unspecified atom stereocenters. The molecule has 1 atom stereocenters. The third-order valence-corrected chi connectivity index (χ3v) is 7.29. The number of hydrogen-bond acceptors (Lipinski definition) is 8. The summed E-state index contributed by atoms with van der Waals surface area (Å²) in [5, 5.41) is 13.7. The molecule has 6 rings (SSSR count). The van der Waals surface area contributed by atoms with Gasteiger partial charge in [-0.05, 0) is 77.7 Å². The fraction of sp³-hybridized carbons (Fsp3) is 0.310. The molecule has 2 aromatic carbocycles. The van der Waals surface area contributed by atoms with Crippen molar-refractivity contribution in [1.29, 1.82) is 0 Å². The highest BCUT2D eigenvalue weighted by atomic mass is 16.7. The van der Waals surface area contributed by atoms with E-state index in [1.165, 1.54) is 0 Å². The minimum atomic E-state index is -0.172. The highest BCUT2D eigenvalue weighted by Gasteiger charge is 2.27. The van der Waals surface area contributed by atoms with Crippen LogP contribution >= 0.6 is 0 Å². The van der Waals surface area contributed by atoms with E-state index >= 15 is 0 Å². The van der Waals surface area contributed by atoms with Crippen molar-refractivity contribution in [2.24, 2.45) is 0 Å². The van der Waals surface area contributed by atoms with Crippen LogP contribution in [0.4, 0.5) is 0 Å². The second-order valence-corrected chi connectivity index (χ2v) is 9.90. The number of aromatic nitrogens is 5. The van der Waals surface area contributed by atoms with Gasteiger partial charge in [-0.3, -0.25) is 9.69 Å². The number of tetrazole rings is 1. The molecule has 1 aliphatic rings. The first-order valence-corrected chi connectivity index (χ1v) is 13.0. The van der Waals surface area contributed by atoms with E-state index in [0.717, 1.165) is 51.3 Å². The predicted molar refractivity (Wildman–Crippen MR) is 145 cm³/mol. The van der Waals surface area contributed by atoms with Crippen molar-refractivity contribution in [2.75, 3.05) is 6.79 Å². The second kappa shape index (κ2) is 10.4. The Morgan fingerprint density at radius 3 is 2.72 bits per heavy atom. The lowest BCUT2D eigenvalue weighted by Crippen LogP contribution is -2.32. The highest BCUT2D eigenvalue weighted by Crippen LogP contribution is 2.34. The Bertz CT molecular complexity index is 1670. The minimum absolute atomic E-state index is 0.100. The van der Waals surface area contributed by atoms with Gasteiger partial charge >= 0.3 is 0 Å². The first kappa shape index (κ1) is 24.9. The van der Waals surface area contributed by atoms with Crippen LogP contribution in [-0.4, -0.2) is 36.9 Å². The van der Waals surface area contributed by atoms with Crippen molar-refractivity contribution >= 4 is 10.9 Å². The molecule has 200 valence electrons. The molecule has 1 N–H and O–H groups in total. The summed E-state index contributed by atoms with van der Waals surface area (Å²) in [5.41, 5.74) is 4.65. The maximum atomic E-state index is 13.3. The van der Waals surface area contributed by atoms with Crippen molar-refractivity contribution in [3.05, 3.63) is 99.0 Å². The summed E-state index contributed by atoms with van der Waals surface area (Å²) in [5.74, 6) is 2.92. The summed E-state index contributed by atoms with van der Waals surface area (Å²) >= 11 is 0. The zero-order valence-electron chi connectivity index (χ0n) is 22.2. The molecule has 39 heavy (non-hydrogen) atoms. The van der Waals surface area contributed by atoms with Gasteiger partial charge in [0.15, 0.2) is 17.3 Å². The number of fused-ring (bicyclic) bond motifs is 2. The summed E-state index contributed by atoms with van der Waals surface area (Å²) < 4.78 is 18.4. The SMILES string of the molecule is CC[C@H](c1nnnn1Cc1ccco1)N(Cc1ccc2c(c1)OCO2)Cc1cc2c(C)ccc(C)c2[nH]c1=O. The van der Waals surface area contributed by atoms with Gasteiger partial charge in [-0.25, -0.2) is 4.68 Å². The lowest BCUT2D eigenvalue weighted by molar-refractivity contribution is 0.160. The monoisotopic (exact) mass is 526 g/mol. The van der Waals surface area contributed by atoms with Crippen LogP contribution in [0.1, 0.15) is 53.2 Å². The zero-order valence-corrected chi connectivity index (χ0v) is 22.2. The summed E-state index contributed by atoms with van der Waals surface area (Å²) in [6.45, 7) is 7.75. The summed E-state index contributed by atoms with van der Waals surface area (Å²) in [6.07, 6.45) is 2.37. The number of nitrogens with one attached hydrogen (secondary N) is 1. The standard InChI is InChI=1S/C29H30N6O4/c1-4-24(28-31-32-33-35(28)16-22-6-5-11-37-22)34(14-20-9-10-25-26(12-20)39-17-38-25)15-21-13-23-18(2)7-8-19(3)27(23)30-29(21)36/h5-13,24H,4,14-17H2,1-3H3,(H,30,36)/t24-/m1/s1. The number of ether oxygens (including phenoxy) is 2. The first-order chi connectivity index (χ1) is 19.0. The van der Waals surface area contributed by atoms with E-state index in [9.17, 15) is 4.79 Å². The number of benzene rings is 2. The molecule has 0 amide bonds. The number of H-pyrrole nitrogens is 1. The predicted octanol–water partition coefficient (Wildman–Crippen LogP) is 4.65. The summed E-state index contributed by atoms with van der Waals surface area (Å²) in [4.78, 5) is 18.7. The van der Waals surface area contributed by atoms with E-state index < -0.39 is 0 Å². The van der Waals surface area contributed by atoms with Gasteiger partial charge in [-0.15, -0.1) is 5.10 Å². The number of aromatic amines is 1. The van der Waals surface area contributed by atoms with Crippen molar-refractivity contribution in [3.63, 3.8) is 0 Å². The molecule has 0 saturated carbocycles. The molecule has 0 spiro atoms. The Balaban J connectivity index is 1.40. The van der Waals surface area contributed by atoms with Crippen LogP contribution in [0.25, 0.3) is 10.9 Å². The molecule has 0 saturated heterocycles. The Hall–Kier alpha value is -4.44. The molecular formula is C29H30N6O4. The normalized spacial score (nSPS) is 13.4. The number of hydrogen-bond donors (Lipinski definition) is 1. The Morgan fingerprint density at radius 2 is 1.90 bits per heavy atom. The summed E-state index contributed by atoms with van der Waals surface area (Å²) in [6, 6.07) is 15.6. The van der Waals surface area contributed by atoms with Crippen molar-refractivity contribution < 1.29 is 13.9 Å². The molecule has 3 aromatic heterocycles. The number of rotatable bonds is 9. The average molecular weight is 527 g/mol. The van der Waals surface area contributed by atoms with Crippen LogP contribution in [0, 0.1) is 13.8 Å². The third-order valence-electron chi connectivity index (χ3n) is 7.29. The number of furan rings is 1. The third kappa shape index (κ3) is 4.90. The van der Waals surface area contributed by atoms with Gasteiger partial charge in [0.05, 0.1) is 17.8 Å². The second-order valence-electron chi connectivity index (χ2n) is 9.90. The van der Waals surface area contributed by atoms with Gasteiger partial charge < -0.3 is 18.9 Å². The molecule has 5 aromatic rings. The Kier molecular flexibility index (Phi) is 6.62. The highest BCUT2D eigenvalue weighted by molar-refractivity contribution is 5.85. The zero-order chi connectivity index (χ0) is 26.9. The molecule has 4 heterocycles. The first-order valence-electron chi connectivity index (χ1n) is 13.0. The average Bonchev–Trinajstić information content (AvgIpc) is 3.71. The van der Waals surface area contributed by atoms with Crippen molar-refractivity contribution in [1.82, 2.24) is 30.1 Å². The van der Waals surface area contributed by atoms with E-state index in [2.05, 4.69) is 45.3 Å². The largest absolute Gasteiger partial charge is 0.467 e. The summed E-state index contributed by atoms with van der Waals surface area (Å²) in [7, 11) is 0.